The van der Waals surface area contributed by atoms with Crippen LogP contribution in [-0.4, -0.2) is 152 Å². The molecule has 1 amide bonds. The molecule has 0 atom stereocenters. The Bertz CT molecular complexity index is 812. The number of carboxylic acids is 2. The number of nitrogens with one attached hydrogen (secondary N) is 1. The fraction of sp³-hybridized carbons (Fsp3) is 0.750. The van der Waals surface area contributed by atoms with Crippen molar-refractivity contribution in [1.82, 2.24) is 15.1 Å². The van der Waals surface area contributed by atoms with E-state index in [-0.39, 0.29) is 75.6 Å². The van der Waals surface area contributed by atoms with Gasteiger partial charge in [-0.05, 0) is 56.9 Å². The third kappa shape index (κ3) is 38.6. The molecular formula is C32H58CaN4O8. The van der Waals surface area contributed by atoms with Gasteiger partial charge in [0.15, 0.2) is 0 Å². The van der Waals surface area contributed by atoms with Crippen LogP contribution in [0.1, 0.15) is 90.9 Å². The Hall–Kier alpha value is -1.54. The predicted octanol–water partition coefficient (Wildman–Crippen LogP) is 0.724. The summed E-state index contributed by atoms with van der Waals surface area (Å²) in [5, 5.41) is 51.2. The third-order valence-electron chi connectivity index (χ3n) is 6.43. The van der Waals surface area contributed by atoms with Gasteiger partial charge in [0, 0.05) is 65.0 Å². The molecule has 0 aliphatic heterocycles. The van der Waals surface area contributed by atoms with Crippen molar-refractivity contribution in [1.29, 1.82) is 0 Å². The fourth-order valence-electron chi connectivity index (χ4n) is 3.91. The van der Waals surface area contributed by atoms with Crippen molar-refractivity contribution in [3.8, 4) is 0 Å². The van der Waals surface area contributed by atoms with Crippen LogP contribution < -0.4 is 15.5 Å². The van der Waals surface area contributed by atoms with Gasteiger partial charge >= 0.3 is 43.7 Å². The zero-order valence-electron chi connectivity index (χ0n) is 27.8. The zero-order chi connectivity index (χ0) is 33.3. The first-order valence-corrected chi connectivity index (χ1v) is 16.1. The molecule has 0 rings (SSSR count). The molecule has 0 aromatic carbocycles. The second kappa shape index (κ2) is 36.9. The third-order valence-corrected chi connectivity index (χ3v) is 6.43. The Labute approximate surface area is 300 Å². The van der Waals surface area contributed by atoms with Gasteiger partial charge in [0.25, 0.3) is 0 Å². The molecule has 0 saturated carbocycles. The largest absolute Gasteiger partial charge is 2.00 e. The number of unbranched alkanes of at least 4 members (excludes halogenated alkanes) is 6. The second-order valence-electron chi connectivity index (χ2n) is 10.4. The summed E-state index contributed by atoms with van der Waals surface area (Å²) in [6, 6.07) is 0. The molecule has 12 nitrogen and oxygen atoms in total. The average Bonchev–Trinajstić information content (AvgIpc) is 2.99. The van der Waals surface area contributed by atoms with Gasteiger partial charge in [-0.2, -0.15) is 0 Å². The van der Waals surface area contributed by atoms with Crippen LogP contribution in [0.25, 0.3) is 0 Å². The number of allylic oxidation sites excluding steroid dienone is 2. The number of hydrogen-bond acceptors (Lipinski definition) is 10. The van der Waals surface area contributed by atoms with E-state index in [4.69, 9.17) is 15.3 Å². The molecule has 45 heavy (non-hydrogen) atoms. The van der Waals surface area contributed by atoms with Gasteiger partial charge in [0.2, 0.25) is 5.91 Å². The van der Waals surface area contributed by atoms with E-state index in [9.17, 15) is 24.6 Å². The van der Waals surface area contributed by atoms with Crippen LogP contribution in [0.2, 0.25) is 0 Å². The molecule has 0 unspecified atom stereocenters. The average molecular weight is 667 g/mol. The van der Waals surface area contributed by atoms with Crippen LogP contribution in [0.4, 0.5) is 0 Å². The Morgan fingerprint density at radius 3 is 1.78 bits per heavy atom. The molecule has 0 aromatic heterocycles. The molecular weight excluding hydrogens is 608 g/mol. The van der Waals surface area contributed by atoms with Gasteiger partial charge in [-0.15, -0.1) is 0 Å². The number of hydrogen-bond donors (Lipinski definition) is 4. The number of rotatable bonds is 28. The summed E-state index contributed by atoms with van der Waals surface area (Å²) in [5.41, 5.74) is 0. The van der Waals surface area contributed by atoms with E-state index in [0.717, 1.165) is 38.5 Å². The number of aliphatic imine (C=N–C) groups is 1. The van der Waals surface area contributed by atoms with Crippen molar-refractivity contribution in [2.45, 2.75) is 90.9 Å². The number of nitrogens with zero attached hydrogens (tertiary/aromatic N) is 3. The van der Waals surface area contributed by atoms with E-state index in [1.54, 1.807) is 6.08 Å². The minimum absolute atomic E-state index is 0. The SMILES string of the molecule is CCCCC/C=C/C(=O)NCCN(CCCO)CCC(=O)O.CCCCC/C=C/C([O-])=NCCN(CCCO)CCC(=O)[O-].[Ca+2]. The quantitative estimate of drug-likeness (QED) is 0.0305. The molecule has 0 spiro atoms. The summed E-state index contributed by atoms with van der Waals surface area (Å²) in [6.07, 6.45) is 16.6. The minimum atomic E-state index is -1.10. The first-order valence-electron chi connectivity index (χ1n) is 16.1. The first-order chi connectivity index (χ1) is 21.2. The van der Waals surface area contributed by atoms with Crippen LogP contribution in [0.15, 0.2) is 29.3 Å². The molecule has 0 fully saturated rings. The maximum atomic E-state index is 11.6. The molecule has 13 heteroatoms. The number of carbonyl (C=O) groups excluding carboxylic acids is 2. The van der Waals surface area contributed by atoms with Crippen LogP contribution in [0, 0.1) is 0 Å². The normalized spacial score (nSPS) is 11.6. The van der Waals surface area contributed by atoms with Gasteiger partial charge in [0.1, 0.15) is 0 Å². The molecule has 0 radical (unpaired) electrons. The van der Waals surface area contributed by atoms with Crippen LogP contribution >= 0.6 is 0 Å². The molecule has 0 saturated heterocycles. The van der Waals surface area contributed by atoms with Crippen molar-refractivity contribution in [2.75, 3.05) is 65.6 Å². The van der Waals surface area contributed by atoms with E-state index in [1.807, 2.05) is 22.0 Å². The molecule has 0 aliphatic carbocycles. The van der Waals surface area contributed by atoms with E-state index in [0.29, 0.717) is 65.2 Å². The summed E-state index contributed by atoms with van der Waals surface area (Å²) in [6.45, 7) is 8.29. The number of carboxylic acid groups (broad SMARTS) is 2. The smallest absolute Gasteiger partial charge is 0.859 e. The van der Waals surface area contributed by atoms with Gasteiger partial charge in [-0.3, -0.25) is 14.6 Å². The number of aliphatic hydroxyl groups is 2. The van der Waals surface area contributed by atoms with Crippen LogP contribution in [0.5, 0.6) is 0 Å². The second-order valence-corrected chi connectivity index (χ2v) is 10.4. The Morgan fingerprint density at radius 1 is 0.733 bits per heavy atom. The Balaban J connectivity index is -0.000000767. The number of amides is 1. The zero-order valence-corrected chi connectivity index (χ0v) is 30.0. The molecule has 0 aliphatic rings. The van der Waals surface area contributed by atoms with E-state index >= 15 is 0 Å². The van der Waals surface area contributed by atoms with Gasteiger partial charge < -0.3 is 45.4 Å². The summed E-state index contributed by atoms with van der Waals surface area (Å²) in [4.78, 5) is 40.4. The van der Waals surface area contributed by atoms with Crippen LogP contribution in [-0.2, 0) is 14.4 Å². The van der Waals surface area contributed by atoms with Crippen molar-refractivity contribution in [3.63, 3.8) is 0 Å². The molecule has 4 N–H and O–H groups in total. The fourth-order valence-corrected chi connectivity index (χ4v) is 3.91. The monoisotopic (exact) mass is 666 g/mol. The summed E-state index contributed by atoms with van der Waals surface area (Å²) in [5.74, 6) is -2.31. The van der Waals surface area contributed by atoms with E-state index in [2.05, 4.69) is 24.2 Å². The van der Waals surface area contributed by atoms with Gasteiger partial charge in [-0.1, -0.05) is 57.8 Å². The minimum Gasteiger partial charge on any atom is -0.859 e. The van der Waals surface area contributed by atoms with E-state index in [1.165, 1.54) is 18.9 Å². The maximum Gasteiger partial charge on any atom is 2.00 e. The topological polar surface area (TPSA) is 189 Å². The molecule has 0 bridgehead atoms. The van der Waals surface area contributed by atoms with Gasteiger partial charge in [0.05, 0.1) is 13.0 Å². The molecule has 0 aromatic rings. The van der Waals surface area contributed by atoms with Crippen molar-refractivity contribution in [3.05, 3.63) is 24.3 Å². The Kier molecular flexibility index (Phi) is 39.3. The number of carbonyl (C=O) groups is 3. The van der Waals surface area contributed by atoms with Crippen molar-refractivity contribution < 1.29 is 39.9 Å². The van der Waals surface area contributed by atoms with E-state index < -0.39 is 11.9 Å². The van der Waals surface area contributed by atoms with Crippen molar-refractivity contribution >= 4 is 61.5 Å². The van der Waals surface area contributed by atoms with Gasteiger partial charge in [-0.25, -0.2) is 0 Å². The first kappa shape index (κ1) is 47.9. The number of aliphatic hydroxyl groups excluding tert-OH is 2. The summed E-state index contributed by atoms with van der Waals surface area (Å²) < 4.78 is 0. The molecule has 256 valence electrons. The molecule has 0 heterocycles. The van der Waals surface area contributed by atoms with Crippen LogP contribution in [0.3, 0.4) is 0 Å². The van der Waals surface area contributed by atoms with Crippen molar-refractivity contribution in [2.24, 2.45) is 4.99 Å². The number of aliphatic carboxylic acids is 2. The maximum absolute atomic E-state index is 11.6. The summed E-state index contributed by atoms with van der Waals surface area (Å²) in [7, 11) is 0. The Morgan fingerprint density at radius 2 is 1.27 bits per heavy atom. The summed E-state index contributed by atoms with van der Waals surface area (Å²) >= 11 is 0. The standard InChI is InChI=1S/2C16H30N2O4.Ca/c2*1-2-3-4-5-6-8-15(20)17-10-13-18(11-7-14-19)12-9-16(21)22;/h2*6,8,19H,2-5,7,9-14H2,1H3,(H,17,20)(H,21,22);/q;;+2/p-2/b2*8-6+;. The predicted molar refractivity (Wildman–Crippen MR) is 176 cm³/mol.